The molecule has 3 aromatic heterocycles. The molecule has 9 nitrogen and oxygen atoms in total. The lowest BCUT2D eigenvalue weighted by atomic mass is 10.1. The molecule has 2 unspecified atom stereocenters. The van der Waals surface area contributed by atoms with Crippen molar-refractivity contribution in [2.45, 2.75) is 31.8 Å². The Morgan fingerprint density at radius 2 is 2.17 bits per heavy atom. The van der Waals surface area contributed by atoms with Gasteiger partial charge in [-0.25, -0.2) is 4.98 Å². The summed E-state index contributed by atoms with van der Waals surface area (Å²) < 4.78 is 5.62. The van der Waals surface area contributed by atoms with Gasteiger partial charge in [0.15, 0.2) is 0 Å². The maximum absolute atomic E-state index is 12.1. The van der Waals surface area contributed by atoms with Crippen LogP contribution in [0, 0.1) is 0 Å². The van der Waals surface area contributed by atoms with Gasteiger partial charge in [-0.2, -0.15) is 5.10 Å². The van der Waals surface area contributed by atoms with Crippen molar-refractivity contribution < 1.29 is 9.53 Å². The molecular weight excluding hydrogens is 382 g/mol. The SMILES string of the molecule is CC1COCCN1c1cc(N2CCCC2C(N)=O)c2ccnc(-c3ccn[nH]3)c2n1. The fourth-order valence-electron chi connectivity index (χ4n) is 4.51. The quantitative estimate of drug-likeness (QED) is 0.677. The number of aromatic amines is 1. The summed E-state index contributed by atoms with van der Waals surface area (Å²) in [6, 6.07) is 5.82. The Labute approximate surface area is 174 Å². The molecule has 3 aromatic rings. The number of morpholine rings is 1. The number of pyridine rings is 2. The van der Waals surface area contributed by atoms with Crippen molar-refractivity contribution >= 4 is 28.3 Å². The Morgan fingerprint density at radius 3 is 2.93 bits per heavy atom. The van der Waals surface area contributed by atoms with Crippen molar-refractivity contribution in [1.82, 2.24) is 20.2 Å². The van der Waals surface area contributed by atoms with Crippen LogP contribution in [-0.4, -0.2) is 64.5 Å². The third kappa shape index (κ3) is 3.15. The van der Waals surface area contributed by atoms with E-state index in [0.29, 0.717) is 13.2 Å². The normalized spacial score (nSPS) is 22.0. The number of nitrogens with two attached hydrogens (primary N) is 1. The first-order valence-corrected chi connectivity index (χ1v) is 10.3. The highest BCUT2D eigenvalue weighted by atomic mass is 16.5. The molecule has 2 aliphatic heterocycles. The van der Waals surface area contributed by atoms with Crippen LogP contribution in [0.2, 0.25) is 0 Å². The van der Waals surface area contributed by atoms with Crippen molar-refractivity contribution in [1.29, 1.82) is 0 Å². The second-order valence-electron chi connectivity index (χ2n) is 7.90. The zero-order valence-corrected chi connectivity index (χ0v) is 16.9. The summed E-state index contributed by atoms with van der Waals surface area (Å²) in [5.41, 5.74) is 9.03. The maximum atomic E-state index is 12.1. The van der Waals surface area contributed by atoms with Crippen LogP contribution in [-0.2, 0) is 9.53 Å². The second-order valence-corrected chi connectivity index (χ2v) is 7.90. The highest BCUT2D eigenvalue weighted by Crippen LogP contribution is 2.37. The molecule has 156 valence electrons. The predicted molar refractivity (Wildman–Crippen MR) is 114 cm³/mol. The Hall–Kier alpha value is -3.20. The van der Waals surface area contributed by atoms with Crippen LogP contribution < -0.4 is 15.5 Å². The molecule has 0 spiro atoms. The Morgan fingerprint density at radius 1 is 1.27 bits per heavy atom. The predicted octanol–water partition coefficient (Wildman–Crippen LogP) is 1.70. The number of carbonyl (C=O) groups excluding carboxylic acids is 1. The summed E-state index contributed by atoms with van der Waals surface area (Å²) in [5.74, 6) is 0.568. The van der Waals surface area contributed by atoms with Gasteiger partial charge in [0.05, 0.1) is 30.6 Å². The van der Waals surface area contributed by atoms with E-state index in [4.69, 9.17) is 15.5 Å². The molecule has 30 heavy (non-hydrogen) atoms. The number of hydrogen-bond donors (Lipinski definition) is 2. The molecule has 1 amide bonds. The molecule has 2 fully saturated rings. The van der Waals surface area contributed by atoms with Gasteiger partial charge in [0.2, 0.25) is 5.91 Å². The zero-order chi connectivity index (χ0) is 20.7. The highest BCUT2D eigenvalue weighted by Gasteiger charge is 2.32. The average Bonchev–Trinajstić information content (AvgIpc) is 3.45. The van der Waals surface area contributed by atoms with Crippen LogP contribution in [0.5, 0.6) is 0 Å². The summed E-state index contributed by atoms with van der Waals surface area (Å²) in [6.07, 6.45) is 5.17. The lowest BCUT2D eigenvalue weighted by Crippen LogP contribution is -2.44. The van der Waals surface area contributed by atoms with E-state index in [2.05, 4.69) is 38.0 Å². The van der Waals surface area contributed by atoms with E-state index in [9.17, 15) is 4.79 Å². The van der Waals surface area contributed by atoms with Gasteiger partial charge in [0.25, 0.3) is 0 Å². The first kappa shape index (κ1) is 18.8. The van der Waals surface area contributed by atoms with Crippen LogP contribution >= 0.6 is 0 Å². The van der Waals surface area contributed by atoms with Crippen molar-refractivity contribution in [3.8, 4) is 11.4 Å². The summed E-state index contributed by atoms with van der Waals surface area (Å²) in [4.78, 5) is 26.1. The molecule has 2 saturated heterocycles. The minimum atomic E-state index is -0.311. The van der Waals surface area contributed by atoms with E-state index < -0.39 is 0 Å². The van der Waals surface area contributed by atoms with Gasteiger partial charge in [-0.3, -0.25) is 14.9 Å². The standard InChI is InChI=1S/C21H25N7O2/c1-13-12-30-10-9-27(13)18-11-17(28-8-2-3-16(28)21(22)29)14-4-6-23-20(19(14)25-18)15-5-7-24-26-15/h4-7,11,13,16H,2-3,8-10,12H2,1H3,(H2,22,29)(H,24,26). The number of nitrogens with one attached hydrogen (secondary N) is 1. The number of rotatable bonds is 4. The summed E-state index contributed by atoms with van der Waals surface area (Å²) in [5, 5.41) is 8.02. The number of aromatic nitrogens is 4. The van der Waals surface area contributed by atoms with Gasteiger partial charge in [-0.05, 0) is 31.9 Å². The average molecular weight is 407 g/mol. The van der Waals surface area contributed by atoms with Crippen LogP contribution in [0.15, 0.2) is 30.6 Å². The molecule has 9 heteroatoms. The highest BCUT2D eigenvalue weighted by molar-refractivity contribution is 6.01. The molecule has 5 rings (SSSR count). The van der Waals surface area contributed by atoms with Crippen molar-refractivity contribution in [3.63, 3.8) is 0 Å². The third-order valence-corrected chi connectivity index (χ3v) is 6.00. The number of carbonyl (C=O) groups is 1. The molecule has 0 radical (unpaired) electrons. The van der Waals surface area contributed by atoms with Gasteiger partial charge in [-0.1, -0.05) is 0 Å². The van der Waals surface area contributed by atoms with Gasteiger partial charge in [0, 0.05) is 36.9 Å². The van der Waals surface area contributed by atoms with Crippen molar-refractivity contribution in [3.05, 3.63) is 30.6 Å². The number of hydrogen-bond acceptors (Lipinski definition) is 7. The number of primary amides is 1. The lowest BCUT2D eigenvalue weighted by molar-refractivity contribution is -0.119. The Bertz CT molecular complexity index is 1070. The smallest absolute Gasteiger partial charge is 0.240 e. The Kier molecular flexibility index (Phi) is 4.74. The minimum absolute atomic E-state index is 0.203. The molecule has 2 atom stereocenters. The number of anilines is 2. The van der Waals surface area contributed by atoms with E-state index in [0.717, 1.165) is 59.7 Å². The van der Waals surface area contributed by atoms with Crippen LogP contribution in [0.4, 0.5) is 11.5 Å². The summed E-state index contributed by atoms with van der Waals surface area (Å²) >= 11 is 0. The fraction of sp³-hybridized carbons (Fsp3) is 0.429. The number of ether oxygens (including phenoxy) is 1. The molecule has 0 saturated carbocycles. The molecular formula is C21H25N7O2. The summed E-state index contributed by atoms with van der Waals surface area (Å²) in [6.45, 7) is 4.99. The number of nitrogens with zero attached hydrogens (tertiary/aromatic N) is 5. The Balaban J connectivity index is 1.73. The summed E-state index contributed by atoms with van der Waals surface area (Å²) in [7, 11) is 0. The minimum Gasteiger partial charge on any atom is -0.377 e. The number of amides is 1. The molecule has 2 aliphatic rings. The van der Waals surface area contributed by atoms with Gasteiger partial charge < -0.3 is 20.3 Å². The topological polar surface area (TPSA) is 113 Å². The van der Waals surface area contributed by atoms with Crippen LogP contribution in [0.25, 0.3) is 22.3 Å². The maximum Gasteiger partial charge on any atom is 0.240 e. The molecule has 0 aliphatic carbocycles. The first-order chi connectivity index (χ1) is 14.6. The number of fused-ring (bicyclic) bond motifs is 1. The number of H-pyrrole nitrogens is 1. The monoisotopic (exact) mass is 407 g/mol. The largest absolute Gasteiger partial charge is 0.377 e. The van der Waals surface area contributed by atoms with E-state index in [-0.39, 0.29) is 18.0 Å². The van der Waals surface area contributed by atoms with Crippen molar-refractivity contribution in [2.24, 2.45) is 5.73 Å². The zero-order valence-electron chi connectivity index (χ0n) is 16.9. The van der Waals surface area contributed by atoms with Crippen LogP contribution in [0.1, 0.15) is 19.8 Å². The van der Waals surface area contributed by atoms with Crippen LogP contribution in [0.3, 0.4) is 0 Å². The fourth-order valence-corrected chi connectivity index (χ4v) is 4.51. The van der Waals surface area contributed by atoms with E-state index in [1.807, 2.05) is 12.1 Å². The molecule has 0 bridgehead atoms. The van der Waals surface area contributed by atoms with E-state index in [1.165, 1.54) is 0 Å². The van der Waals surface area contributed by atoms with E-state index >= 15 is 0 Å². The molecule has 5 heterocycles. The van der Waals surface area contributed by atoms with E-state index in [1.54, 1.807) is 12.4 Å². The second kappa shape index (κ2) is 7.56. The van der Waals surface area contributed by atoms with Gasteiger partial charge in [-0.15, -0.1) is 0 Å². The van der Waals surface area contributed by atoms with Crippen molar-refractivity contribution in [2.75, 3.05) is 36.1 Å². The third-order valence-electron chi connectivity index (χ3n) is 6.00. The molecule has 3 N–H and O–H groups in total. The van der Waals surface area contributed by atoms with Gasteiger partial charge in [0.1, 0.15) is 23.1 Å². The molecule has 0 aromatic carbocycles. The first-order valence-electron chi connectivity index (χ1n) is 10.3. The van der Waals surface area contributed by atoms with Gasteiger partial charge >= 0.3 is 0 Å². The lowest BCUT2D eigenvalue weighted by Gasteiger charge is -2.35.